The smallest absolute Gasteiger partial charge is 0.260 e. The Balaban J connectivity index is 1.70. The number of ether oxygens (including phenoxy) is 2. The molecule has 0 aliphatic heterocycles. The van der Waals surface area contributed by atoms with Gasteiger partial charge in [-0.25, -0.2) is 8.42 Å². The second-order valence-electron chi connectivity index (χ2n) is 8.53. The van der Waals surface area contributed by atoms with Crippen molar-refractivity contribution < 1.29 is 22.7 Å². The minimum Gasteiger partial charge on any atom is -0.490 e. The quantitative estimate of drug-likeness (QED) is 0.445. The molecule has 1 aromatic heterocycles. The van der Waals surface area contributed by atoms with Gasteiger partial charge < -0.3 is 14.8 Å². The summed E-state index contributed by atoms with van der Waals surface area (Å²) in [6.45, 7) is 6.11. The average Bonchev–Trinajstić information content (AvgIpc) is 3.64. The van der Waals surface area contributed by atoms with Gasteiger partial charge in [-0.2, -0.15) is 0 Å². The molecule has 0 radical (unpaired) electrons. The second kappa shape index (κ2) is 9.89. The number of pyridine rings is 1. The molecule has 1 saturated carbocycles. The lowest BCUT2D eigenvalue weighted by atomic mass is 10.0. The minimum atomic E-state index is -3.71. The van der Waals surface area contributed by atoms with E-state index < -0.39 is 27.2 Å². The Morgan fingerprint density at radius 3 is 2.59 bits per heavy atom. The maximum absolute atomic E-state index is 13.3. The number of hydrogen-bond donors (Lipinski definition) is 2. The number of sulfonamides is 1. The fourth-order valence-corrected chi connectivity index (χ4v) is 4.95. The monoisotopic (exact) mass is 483 g/mol. The third-order valence-corrected chi connectivity index (χ3v) is 7.22. The lowest BCUT2D eigenvalue weighted by molar-refractivity contribution is -0.120. The van der Waals surface area contributed by atoms with Gasteiger partial charge in [-0.15, -0.1) is 0 Å². The zero-order valence-electron chi connectivity index (χ0n) is 19.4. The van der Waals surface area contributed by atoms with Gasteiger partial charge in [0.05, 0.1) is 18.0 Å². The number of anilines is 1. The summed E-state index contributed by atoms with van der Waals surface area (Å²) in [5.74, 6) is 0.396. The number of amides is 1. The molecule has 8 nitrogen and oxygen atoms in total. The molecule has 1 aliphatic rings. The number of rotatable bonds is 10. The lowest BCUT2D eigenvalue weighted by Crippen LogP contribution is -2.39. The third kappa shape index (κ3) is 5.59. The van der Waals surface area contributed by atoms with E-state index in [0.717, 1.165) is 10.8 Å². The van der Waals surface area contributed by atoms with Crippen molar-refractivity contribution in [1.29, 1.82) is 0 Å². The van der Waals surface area contributed by atoms with Crippen LogP contribution in [0.1, 0.15) is 45.2 Å². The van der Waals surface area contributed by atoms with E-state index in [0.29, 0.717) is 42.2 Å². The van der Waals surface area contributed by atoms with Crippen LogP contribution < -0.4 is 19.5 Å². The highest BCUT2D eigenvalue weighted by atomic mass is 32.2. The summed E-state index contributed by atoms with van der Waals surface area (Å²) in [6, 6.07) is 11.7. The van der Waals surface area contributed by atoms with Crippen LogP contribution in [0, 0.1) is 0 Å². The van der Waals surface area contributed by atoms with Crippen LogP contribution in [0.25, 0.3) is 10.8 Å². The standard InChI is InChI=1S/C25H29N3O5S/c1-4-32-23-14-18(6-10-22(23)33-16(2)3)24(25(29)28-34(30,31)21-8-9-21)27-20-7-5-19-15-26-12-11-17(19)13-20/h5-7,10-16,21,24,27H,4,8-9H2,1-3H3,(H,28,29). The van der Waals surface area contributed by atoms with Gasteiger partial charge in [0.25, 0.3) is 5.91 Å². The minimum absolute atomic E-state index is 0.0574. The number of benzene rings is 2. The van der Waals surface area contributed by atoms with E-state index in [1.807, 2.05) is 45.0 Å². The van der Waals surface area contributed by atoms with E-state index >= 15 is 0 Å². The molecule has 1 atom stereocenters. The molecule has 1 amide bonds. The number of nitrogens with one attached hydrogen (secondary N) is 2. The van der Waals surface area contributed by atoms with E-state index in [-0.39, 0.29) is 6.10 Å². The molecule has 2 N–H and O–H groups in total. The van der Waals surface area contributed by atoms with Crippen LogP contribution >= 0.6 is 0 Å². The summed E-state index contributed by atoms with van der Waals surface area (Å²) in [4.78, 5) is 17.4. The van der Waals surface area contributed by atoms with Crippen molar-refractivity contribution in [3.05, 3.63) is 60.4 Å². The first-order chi connectivity index (χ1) is 16.3. The molecule has 4 rings (SSSR count). The van der Waals surface area contributed by atoms with Gasteiger partial charge >= 0.3 is 0 Å². The van der Waals surface area contributed by atoms with Crippen LogP contribution in [0.5, 0.6) is 11.5 Å². The SMILES string of the molecule is CCOc1cc(C(Nc2ccc3cnccc3c2)C(=O)NS(=O)(=O)C2CC2)ccc1OC(C)C. The van der Waals surface area contributed by atoms with Crippen molar-refractivity contribution in [3.63, 3.8) is 0 Å². The van der Waals surface area contributed by atoms with Gasteiger partial charge in [0.1, 0.15) is 6.04 Å². The molecule has 3 aromatic rings. The van der Waals surface area contributed by atoms with Crippen molar-refractivity contribution in [2.45, 2.75) is 51.0 Å². The highest BCUT2D eigenvalue weighted by Gasteiger charge is 2.38. The molecule has 1 fully saturated rings. The predicted octanol–water partition coefficient (Wildman–Crippen LogP) is 4.18. The Bertz CT molecular complexity index is 1290. The van der Waals surface area contributed by atoms with E-state index in [1.165, 1.54) is 0 Å². The Labute approximate surface area is 199 Å². The van der Waals surface area contributed by atoms with Gasteiger partial charge in [0.2, 0.25) is 10.0 Å². The van der Waals surface area contributed by atoms with Gasteiger partial charge in [-0.3, -0.25) is 14.5 Å². The first-order valence-corrected chi connectivity index (χ1v) is 12.9. The molecule has 0 bridgehead atoms. The summed E-state index contributed by atoms with van der Waals surface area (Å²) in [6.07, 6.45) is 4.52. The zero-order valence-corrected chi connectivity index (χ0v) is 20.3. The van der Waals surface area contributed by atoms with E-state index in [2.05, 4.69) is 15.0 Å². The highest BCUT2D eigenvalue weighted by Crippen LogP contribution is 2.34. The number of aromatic nitrogens is 1. The largest absolute Gasteiger partial charge is 0.490 e. The zero-order chi connectivity index (χ0) is 24.3. The Morgan fingerprint density at radius 1 is 1.09 bits per heavy atom. The molecule has 1 heterocycles. The Morgan fingerprint density at radius 2 is 1.88 bits per heavy atom. The molecule has 0 saturated heterocycles. The molecule has 0 spiro atoms. The number of fused-ring (bicyclic) bond motifs is 1. The fourth-order valence-electron chi connectivity index (χ4n) is 3.62. The maximum Gasteiger partial charge on any atom is 0.260 e. The molecule has 34 heavy (non-hydrogen) atoms. The summed E-state index contributed by atoms with van der Waals surface area (Å²) >= 11 is 0. The first kappa shape index (κ1) is 23.8. The average molecular weight is 484 g/mol. The first-order valence-electron chi connectivity index (χ1n) is 11.4. The van der Waals surface area contributed by atoms with Crippen LogP contribution in [0.2, 0.25) is 0 Å². The van der Waals surface area contributed by atoms with Crippen LogP contribution in [-0.2, 0) is 14.8 Å². The molecule has 1 aliphatic carbocycles. The lowest BCUT2D eigenvalue weighted by Gasteiger charge is -2.22. The number of carbonyl (C=O) groups excluding carboxylic acids is 1. The van der Waals surface area contributed by atoms with E-state index in [1.54, 1.807) is 30.6 Å². The van der Waals surface area contributed by atoms with Crippen molar-refractivity contribution in [2.75, 3.05) is 11.9 Å². The Hall–Kier alpha value is -3.33. The second-order valence-corrected chi connectivity index (χ2v) is 10.5. The van der Waals surface area contributed by atoms with Crippen molar-refractivity contribution >= 4 is 32.4 Å². The van der Waals surface area contributed by atoms with Crippen LogP contribution in [0.4, 0.5) is 5.69 Å². The molecular weight excluding hydrogens is 454 g/mol. The summed E-state index contributed by atoms with van der Waals surface area (Å²) in [7, 11) is -3.71. The normalized spacial score (nSPS) is 14.6. The van der Waals surface area contributed by atoms with Gasteiger partial charge in [0.15, 0.2) is 11.5 Å². The summed E-state index contributed by atoms with van der Waals surface area (Å²) in [5.41, 5.74) is 1.22. The van der Waals surface area contributed by atoms with Crippen LogP contribution in [0.15, 0.2) is 54.9 Å². The van der Waals surface area contributed by atoms with Crippen molar-refractivity contribution in [3.8, 4) is 11.5 Å². The van der Waals surface area contributed by atoms with Gasteiger partial charge in [-0.1, -0.05) is 12.1 Å². The van der Waals surface area contributed by atoms with Crippen molar-refractivity contribution in [2.24, 2.45) is 0 Å². The molecular formula is C25H29N3O5S. The molecule has 9 heteroatoms. The van der Waals surface area contributed by atoms with E-state index in [4.69, 9.17) is 9.47 Å². The summed E-state index contributed by atoms with van der Waals surface area (Å²) in [5, 5.41) is 4.60. The van der Waals surface area contributed by atoms with Crippen molar-refractivity contribution in [1.82, 2.24) is 9.71 Å². The third-order valence-electron chi connectivity index (χ3n) is 5.38. The fraction of sp³-hybridized carbons (Fsp3) is 0.360. The summed E-state index contributed by atoms with van der Waals surface area (Å²) < 4.78 is 38.8. The van der Waals surface area contributed by atoms with Gasteiger partial charge in [-0.05, 0) is 74.9 Å². The number of nitrogens with zero attached hydrogens (tertiary/aromatic N) is 1. The van der Waals surface area contributed by atoms with Crippen LogP contribution in [-0.4, -0.2) is 37.3 Å². The molecule has 2 aromatic carbocycles. The highest BCUT2D eigenvalue weighted by molar-refractivity contribution is 7.90. The van der Waals surface area contributed by atoms with Crippen LogP contribution in [0.3, 0.4) is 0 Å². The number of hydrogen-bond acceptors (Lipinski definition) is 7. The molecule has 180 valence electrons. The number of carbonyl (C=O) groups is 1. The van der Waals surface area contributed by atoms with Gasteiger partial charge in [0, 0.05) is 23.5 Å². The maximum atomic E-state index is 13.3. The van der Waals surface area contributed by atoms with E-state index in [9.17, 15) is 13.2 Å². The topological polar surface area (TPSA) is 107 Å². The Kier molecular flexibility index (Phi) is 6.92. The molecule has 1 unspecified atom stereocenters. The predicted molar refractivity (Wildman–Crippen MR) is 132 cm³/mol.